The van der Waals surface area contributed by atoms with Crippen LogP contribution in [0.3, 0.4) is 0 Å². The molecule has 0 unspecified atom stereocenters. The van der Waals surface area contributed by atoms with E-state index in [1.807, 2.05) is 42.5 Å². The SMILES string of the molecule is CN1CCN(c2ncccc2CNC(=O)NNC(=O)c2ccc(COc3ccccc3)o2)CC1. The van der Waals surface area contributed by atoms with Gasteiger partial charge in [0.1, 0.15) is 23.9 Å². The van der Waals surface area contributed by atoms with Gasteiger partial charge in [-0.2, -0.15) is 0 Å². The molecule has 0 spiro atoms. The van der Waals surface area contributed by atoms with Crippen molar-refractivity contribution in [1.29, 1.82) is 0 Å². The number of rotatable bonds is 7. The topological polar surface area (TPSA) is 112 Å². The van der Waals surface area contributed by atoms with Gasteiger partial charge in [-0.25, -0.2) is 15.2 Å². The first kappa shape index (κ1) is 23.1. The third-order valence-electron chi connectivity index (χ3n) is 5.41. The third kappa shape index (κ3) is 6.26. The summed E-state index contributed by atoms with van der Waals surface area (Å²) in [4.78, 5) is 33.5. The first-order chi connectivity index (χ1) is 16.6. The predicted molar refractivity (Wildman–Crippen MR) is 126 cm³/mol. The number of pyridine rings is 1. The van der Waals surface area contributed by atoms with Gasteiger partial charge < -0.3 is 24.3 Å². The lowest BCUT2D eigenvalue weighted by Gasteiger charge is -2.34. The fourth-order valence-electron chi connectivity index (χ4n) is 3.51. The number of hydrogen-bond donors (Lipinski definition) is 3. The average Bonchev–Trinajstić information content (AvgIpc) is 3.35. The van der Waals surface area contributed by atoms with Crippen LogP contribution in [0.4, 0.5) is 10.6 Å². The highest BCUT2D eigenvalue weighted by atomic mass is 16.5. The van der Waals surface area contributed by atoms with Crippen LogP contribution in [-0.4, -0.2) is 55.0 Å². The van der Waals surface area contributed by atoms with E-state index in [1.54, 1.807) is 12.3 Å². The fraction of sp³-hybridized carbons (Fsp3) is 0.292. The lowest BCUT2D eigenvalue weighted by molar-refractivity contribution is 0.0904. The first-order valence-electron chi connectivity index (χ1n) is 11.1. The lowest BCUT2D eigenvalue weighted by atomic mass is 10.2. The molecule has 3 amide bonds. The molecule has 0 atom stereocenters. The fourth-order valence-corrected chi connectivity index (χ4v) is 3.51. The molecule has 3 N–H and O–H groups in total. The number of likely N-dealkylation sites (N-methyl/N-ethyl adjacent to an activating group) is 1. The zero-order valence-electron chi connectivity index (χ0n) is 19.0. The number of hydrogen-bond acceptors (Lipinski definition) is 7. The molecule has 4 rings (SSSR count). The standard InChI is InChI=1S/C24H28N6O4/c1-29-12-14-30(15-13-29)22-18(6-5-11-25-22)16-26-24(32)28-27-23(31)21-10-9-20(34-21)17-33-19-7-3-2-4-8-19/h2-11H,12-17H2,1H3,(H,27,31)(H2,26,28,32). The minimum absolute atomic E-state index is 0.0663. The van der Waals surface area contributed by atoms with Crippen LogP contribution in [0.5, 0.6) is 5.75 Å². The lowest BCUT2D eigenvalue weighted by Crippen LogP contribution is -2.47. The smallest absolute Gasteiger partial charge is 0.333 e. The molecule has 0 radical (unpaired) electrons. The van der Waals surface area contributed by atoms with E-state index in [2.05, 4.69) is 38.0 Å². The van der Waals surface area contributed by atoms with Crippen molar-refractivity contribution < 1.29 is 18.7 Å². The number of carbonyl (C=O) groups excluding carboxylic acids is 2. The number of anilines is 1. The Morgan fingerprint density at radius 3 is 2.59 bits per heavy atom. The van der Waals surface area contributed by atoms with Crippen molar-refractivity contribution in [3.05, 3.63) is 77.9 Å². The molecule has 3 heterocycles. The molecule has 3 aromatic rings. The van der Waals surface area contributed by atoms with Crippen LogP contribution in [0, 0.1) is 0 Å². The molecule has 10 nitrogen and oxygen atoms in total. The summed E-state index contributed by atoms with van der Waals surface area (Å²) >= 11 is 0. The maximum atomic E-state index is 12.3. The minimum Gasteiger partial charge on any atom is -0.486 e. The quantitative estimate of drug-likeness (QED) is 0.460. The predicted octanol–water partition coefficient (Wildman–Crippen LogP) is 2.15. The molecule has 2 aromatic heterocycles. The van der Waals surface area contributed by atoms with E-state index in [-0.39, 0.29) is 18.9 Å². The Kier molecular flexibility index (Phi) is 7.61. The summed E-state index contributed by atoms with van der Waals surface area (Å²) in [5, 5.41) is 2.75. The van der Waals surface area contributed by atoms with Gasteiger partial charge in [-0.1, -0.05) is 24.3 Å². The summed E-state index contributed by atoms with van der Waals surface area (Å²) in [5.74, 6) is 1.55. The second kappa shape index (κ2) is 11.2. The zero-order chi connectivity index (χ0) is 23.8. The number of ether oxygens (including phenoxy) is 1. The number of piperazine rings is 1. The van der Waals surface area contributed by atoms with E-state index in [0.29, 0.717) is 11.5 Å². The highest BCUT2D eigenvalue weighted by molar-refractivity contribution is 5.92. The molecule has 0 bridgehead atoms. The molecule has 178 valence electrons. The highest BCUT2D eigenvalue weighted by Crippen LogP contribution is 2.18. The number of urea groups is 1. The van der Waals surface area contributed by atoms with Gasteiger partial charge in [0.25, 0.3) is 0 Å². The third-order valence-corrected chi connectivity index (χ3v) is 5.41. The molecule has 1 fully saturated rings. The molecule has 1 aliphatic heterocycles. The van der Waals surface area contributed by atoms with Gasteiger partial charge in [0.2, 0.25) is 0 Å². The molecule has 0 aliphatic carbocycles. The molecular formula is C24H28N6O4. The Morgan fingerprint density at radius 2 is 1.79 bits per heavy atom. The van der Waals surface area contributed by atoms with Crippen molar-refractivity contribution in [2.75, 3.05) is 38.1 Å². The van der Waals surface area contributed by atoms with Gasteiger partial charge in [-0.05, 0) is 37.4 Å². The minimum atomic E-state index is -0.569. The zero-order valence-corrected chi connectivity index (χ0v) is 19.0. The molecule has 1 saturated heterocycles. The highest BCUT2D eigenvalue weighted by Gasteiger charge is 2.18. The van der Waals surface area contributed by atoms with Crippen molar-refractivity contribution in [3.8, 4) is 5.75 Å². The number of aromatic nitrogens is 1. The van der Waals surface area contributed by atoms with E-state index < -0.39 is 11.9 Å². The molecular weight excluding hydrogens is 436 g/mol. The molecule has 34 heavy (non-hydrogen) atoms. The number of carbonyl (C=O) groups is 2. The number of nitrogens with zero attached hydrogens (tertiary/aromatic N) is 3. The number of hydrazine groups is 1. The summed E-state index contributed by atoms with van der Waals surface area (Å²) in [7, 11) is 2.10. The van der Waals surface area contributed by atoms with Gasteiger partial charge in [0.05, 0.1) is 0 Å². The van der Waals surface area contributed by atoms with Crippen LogP contribution in [0.25, 0.3) is 0 Å². The van der Waals surface area contributed by atoms with Gasteiger partial charge in [-0.3, -0.25) is 10.2 Å². The van der Waals surface area contributed by atoms with E-state index in [0.717, 1.165) is 37.6 Å². The maximum Gasteiger partial charge on any atom is 0.333 e. The first-order valence-corrected chi connectivity index (χ1v) is 11.1. The van der Waals surface area contributed by atoms with E-state index in [1.165, 1.54) is 6.07 Å². The van der Waals surface area contributed by atoms with Gasteiger partial charge >= 0.3 is 11.9 Å². The van der Waals surface area contributed by atoms with Crippen molar-refractivity contribution in [3.63, 3.8) is 0 Å². The van der Waals surface area contributed by atoms with Crippen LogP contribution in [0.2, 0.25) is 0 Å². The second-order valence-electron chi connectivity index (χ2n) is 7.91. The van der Waals surface area contributed by atoms with Crippen LogP contribution >= 0.6 is 0 Å². The molecule has 0 saturated carbocycles. The maximum absolute atomic E-state index is 12.3. The number of amides is 3. The second-order valence-corrected chi connectivity index (χ2v) is 7.91. The number of nitrogens with one attached hydrogen (secondary N) is 3. The largest absolute Gasteiger partial charge is 0.486 e. The van der Waals surface area contributed by atoms with Crippen LogP contribution in [0.1, 0.15) is 21.9 Å². The van der Waals surface area contributed by atoms with Crippen molar-refractivity contribution >= 4 is 17.8 Å². The van der Waals surface area contributed by atoms with Crippen molar-refractivity contribution in [2.24, 2.45) is 0 Å². The van der Waals surface area contributed by atoms with Crippen molar-refractivity contribution in [2.45, 2.75) is 13.2 Å². The summed E-state index contributed by atoms with van der Waals surface area (Å²) in [6.07, 6.45) is 1.75. The Hall–Kier alpha value is -4.05. The Labute approximate surface area is 197 Å². The number of furan rings is 1. The summed E-state index contributed by atoms with van der Waals surface area (Å²) in [6, 6.07) is 15.7. The van der Waals surface area contributed by atoms with Gasteiger partial charge in [0.15, 0.2) is 5.76 Å². The summed E-state index contributed by atoms with van der Waals surface area (Å²) < 4.78 is 11.1. The van der Waals surface area contributed by atoms with Crippen molar-refractivity contribution in [1.82, 2.24) is 26.1 Å². The van der Waals surface area contributed by atoms with E-state index in [4.69, 9.17) is 9.15 Å². The van der Waals surface area contributed by atoms with Crippen LogP contribution in [-0.2, 0) is 13.2 Å². The monoisotopic (exact) mass is 464 g/mol. The average molecular weight is 465 g/mol. The van der Waals surface area contributed by atoms with E-state index in [9.17, 15) is 9.59 Å². The Balaban J connectivity index is 1.23. The van der Waals surface area contributed by atoms with Gasteiger partial charge in [0, 0.05) is 44.5 Å². The molecule has 1 aromatic carbocycles. The van der Waals surface area contributed by atoms with E-state index >= 15 is 0 Å². The Bertz CT molecular complexity index is 1100. The summed E-state index contributed by atoms with van der Waals surface area (Å²) in [5.41, 5.74) is 5.58. The van der Waals surface area contributed by atoms with Gasteiger partial charge in [-0.15, -0.1) is 0 Å². The van der Waals surface area contributed by atoms with Crippen LogP contribution in [0.15, 0.2) is 65.2 Å². The normalized spacial score (nSPS) is 13.9. The Morgan fingerprint density at radius 1 is 1.00 bits per heavy atom. The number of benzene rings is 1. The van der Waals surface area contributed by atoms with Crippen LogP contribution < -0.4 is 25.8 Å². The molecule has 10 heteroatoms. The molecule has 1 aliphatic rings. The number of para-hydroxylation sites is 1. The summed E-state index contributed by atoms with van der Waals surface area (Å²) in [6.45, 7) is 4.14.